The Labute approximate surface area is 192 Å². The summed E-state index contributed by atoms with van der Waals surface area (Å²) in [5.74, 6) is -3.11. The lowest BCUT2D eigenvalue weighted by molar-refractivity contribution is -0.149. The standard InChI is InChI=1S/C23H30N2O8/c1-6-14(2)21(29)25(22(30)31-5)19-10-8-7-9-17(19)18-11-20(28)24-23(18,12-32-15(3)26)13-33-16(4)27/h7-10,14,18H,6,11-13H2,1-5H3,(H,24,28). The molecule has 1 fully saturated rings. The molecule has 0 spiro atoms. The van der Waals surface area contributed by atoms with Crippen molar-refractivity contribution in [3.05, 3.63) is 29.8 Å². The van der Waals surface area contributed by atoms with E-state index in [0.717, 1.165) is 4.90 Å². The van der Waals surface area contributed by atoms with E-state index in [-0.39, 0.29) is 31.2 Å². The van der Waals surface area contributed by atoms with Crippen LogP contribution in [0.3, 0.4) is 0 Å². The first-order valence-corrected chi connectivity index (χ1v) is 10.6. The quantitative estimate of drug-likeness (QED) is 0.460. The van der Waals surface area contributed by atoms with E-state index in [2.05, 4.69) is 5.32 Å². The smallest absolute Gasteiger partial charge is 0.420 e. The molecule has 0 radical (unpaired) electrons. The second-order valence-electron chi connectivity index (χ2n) is 8.03. The van der Waals surface area contributed by atoms with Crippen molar-refractivity contribution in [2.75, 3.05) is 25.2 Å². The average Bonchev–Trinajstić information content (AvgIpc) is 3.12. The molecule has 2 unspecified atom stereocenters. The zero-order valence-corrected chi connectivity index (χ0v) is 19.5. The van der Waals surface area contributed by atoms with Crippen LogP contribution < -0.4 is 10.2 Å². The van der Waals surface area contributed by atoms with Crippen LogP contribution in [0.25, 0.3) is 0 Å². The lowest BCUT2D eigenvalue weighted by atomic mass is 9.80. The normalized spacial score (nSPS) is 17.5. The Hall–Kier alpha value is -3.43. The number of hydrogen-bond donors (Lipinski definition) is 1. The molecule has 2 rings (SSSR count). The predicted molar refractivity (Wildman–Crippen MR) is 117 cm³/mol. The number of methoxy groups -OCH3 is 1. The predicted octanol–water partition coefficient (Wildman–Crippen LogP) is 2.30. The van der Waals surface area contributed by atoms with Crippen molar-refractivity contribution in [1.82, 2.24) is 5.32 Å². The van der Waals surface area contributed by atoms with Gasteiger partial charge in [0.1, 0.15) is 18.8 Å². The number of benzene rings is 1. The Morgan fingerprint density at radius 3 is 2.21 bits per heavy atom. The lowest BCUT2D eigenvalue weighted by Gasteiger charge is -2.35. The number of para-hydroxylation sites is 1. The van der Waals surface area contributed by atoms with Crippen LogP contribution in [0.2, 0.25) is 0 Å². The maximum atomic E-state index is 13.1. The number of imide groups is 1. The van der Waals surface area contributed by atoms with Gasteiger partial charge in [-0.3, -0.25) is 19.2 Å². The molecule has 0 aromatic heterocycles. The highest BCUT2D eigenvalue weighted by atomic mass is 16.6. The van der Waals surface area contributed by atoms with Gasteiger partial charge < -0.3 is 19.5 Å². The average molecular weight is 462 g/mol. The minimum atomic E-state index is -1.29. The molecule has 0 saturated carbocycles. The number of carbonyl (C=O) groups excluding carboxylic acids is 5. The van der Waals surface area contributed by atoms with Crippen molar-refractivity contribution >= 4 is 35.5 Å². The number of esters is 2. The topological polar surface area (TPSA) is 128 Å². The van der Waals surface area contributed by atoms with Crippen molar-refractivity contribution in [1.29, 1.82) is 0 Å². The Kier molecular flexibility index (Phi) is 8.56. The summed E-state index contributed by atoms with van der Waals surface area (Å²) in [7, 11) is 1.17. The number of nitrogens with zero attached hydrogens (tertiary/aromatic N) is 1. The third-order valence-electron chi connectivity index (χ3n) is 5.68. The van der Waals surface area contributed by atoms with Crippen LogP contribution in [0.5, 0.6) is 0 Å². The Balaban J connectivity index is 2.63. The van der Waals surface area contributed by atoms with Crippen molar-refractivity contribution in [3.63, 3.8) is 0 Å². The molecular formula is C23H30N2O8. The van der Waals surface area contributed by atoms with Crippen LogP contribution in [0.15, 0.2) is 24.3 Å². The summed E-state index contributed by atoms with van der Waals surface area (Å²) in [6.07, 6.45) is -0.400. The van der Waals surface area contributed by atoms with Gasteiger partial charge in [-0.25, -0.2) is 9.69 Å². The Bertz CT molecular complexity index is 911. The lowest BCUT2D eigenvalue weighted by Crippen LogP contribution is -2.54. The first-order valence-electron chi connectivity index (χ1n) is 10.6. The van der Waals surface area contributed by atoms with E-state index in [4.69, 9.17) is 14.2 Å². The number of ether oxygens (including phenoxy) is 3. The third-order valence-corrected chi connectivity index (χ3v) is 5.68. The van der Waals surface area contributed by atoms with Crippen LogP contribution in [0, 0.1) is 5.92 Å². The summed E-state index contributed by atoms with van der Waals surface area (Å²) in [6.45, 7) is 5.45. The van der Waals surface area contributed by atoms with E-state index in [1.807, 2.05) is 6.92 Å². The minimum Gasteiger partial charge on any atom is -0.463 e. The molecule has 33 heavy (non-hydrogen) atoms. The number of nitrogens with one attached hydrogen (secondary N) is 1. The molecule has 1 N–H and O–H groups in total. The van der Waals surface area contributed by atoms with Crippen LogP contribution in [0.1, 0.15) is 52.0 Å². The van der Waals surface area contributed by atoms with E-state index in [1.165, 1.54) is 21.0 Å². The van der Waals surface area contributed by atoms with Crippen LogP contribution in [-0.2, 0) is 33.4 Å². The largest absolute Gasteiger partial charge is 0.463 e. The molecule has 1 aliphatic heterocycles. The molecule has 10 heteroatoms. The number of anilines is 1. The number of rotatable bonds is 8. The van der Waals surface area contributed by atoms with E-state index in [9.17, 15) is 24.0 Å². The van der Waals surface area contributed by atoms with Crippen molar-refractivity contribution in [3.8, 4) is 0 Å². The highest BCUT2D eigenvalue weighted by molar-refractivity contribution is 6.13. The van der Waals surface area contributed by atoms with E-state index < -0.39 is 41.3 Å². The van der Waals surface area contributed by atoms with E-state index in [1.54, 1.807) is 31.2 Å². The molecule has 1 saturated heterocycles. The molecule has 1 aromatic carbocycles. The van der Waals surface area contributed by atoms with Gasteiger partial charge in [-0.15, -0.1) is 0 Å². The number of hydrogen-bond acceptors (Lipinski definition) is 8. The van der Waals surface area contributed by atoms with Gasteiger partial charge >= 0.3 is 18.0 Å². The molecule has 2 atom stereocenters. The van der Waals surface area contributed by atoms with E-state index >= 15 is 0 Å². The first-order chi connectivity index (χ1) is 15.6. The highest BCUT2D eigenvalue weighted by Crippen LogP contribution is 2.42. The first kappa shape index (κ1) is 25.8. The third kappa shape index (κ3) is 5.88. The molecular weight excluding hydrogens is 432 g/mol. The summed E-state index contributed by atoms with van der Waals surface area (Å²) in [6, 6.07) is 6.62. The van der Waals surface area contributed by atoms with Crippen molar-refractivity contribution in [2.45, 2.75) is 52.0 Å². The second-order valence-corrected chi connectivity index (χ2v) is 8.03. The molecule has 1 heterocycles. The van der Waals surface area contributed by atoms with Gasteiger partial charge in [0.25, 0.3) is 0 Å². The van der Waals surface area contributed by atoms with Gasteiger partial charge in [-0.05, 0) is 18.1 Å². The van der Waals surface area contributed by atoms with Gasteiger partial charge in [-0.1, -0.05) is 32.0 Å². The maximum absolute atomic E-state index is 13.1. The fraction of sp³-hybridized carbons (Fsp3) is 0.522. The molecule has 0 aliphatic carbocycles. The van der Waals surface area contributed by atoms with Crippen LogP contribution in [0.4, 0.5) is 10.5 Å². The molecule has 1 aliphatic rings. The molecule has 180 valence electrons. The fourth-order valence-corrected chi connectivity index (χ4v) is 3.76. The van der Waals surface area contributed by atoms with Crippen LogP contribution in [-0.4, -0.2) is 55.7 Å². The zero-order chi connectivity index (χ0) is 24.8. The van der Waals surface area contributed by atoms with Gasteiger partial charge in [0.2, 0.25) is 11.8 Å². The zero-order valence-electron chi connectivity index (χ0n) is 19.5. The maximum Gasteiger partial charge on any atom is 0.420 e. The number of amides is 3. The summed E-state index contributed by atoms with van der Waals surface area (Å²) < 4.78 is 15.3. The van der Waals surface area contributed by atoms with Gasteiger partial charge in [0.05, 0.1) is 12.8 Å². The van der Waals surface area contributed by atoms with Crippen LogP contribution >= 0.6 is 0 Å². The van der Waals surface area contributed by atoms with E-state index in [0.29, 0.717) is 12.0 Å². The monoisotopic (exact) mass is 462 g/mol. The number of carbonyl (C=O) groups is 5. The van der Waals surface area contributed by atoms with Gasteiger partial charge in [0.15, 0.2) is 0 Å². The van der Waals surface area contributed by atoms with Crippen molar-refractivity contribution in [2.24, 2.45) is 5.92 Å². The molecule has 0 bridgehead atoms. The Morgan fingerprint density at radius 2 is 1.70 bits per heavy atom. The highest BCUT2D eigenvalue weighted by Gasteiger charge is 2.51. The SMILES string of the molecule is CCC(C)C(=O)N(C(=O)OC)c1ccccc1C1CC(=O)NC1(COC(C)=O)COC(C)=O. The fourth-order valence-electron chi connectivity index (χ4n) is 3.76. The van der Waals surface area contributed by atoms with Crippen molar-refractivity contribution < 1.29 is 38.2 Å². The van der Waals surface area contributed by atoms with Gasteiger partial charge in [-0.2, -0.15) is 0 Å². The summed E-state index contributed by atoms with van der Waals surface area (Å²) >= 11 is 0. The molecule has 3 amide bonds. The summed E-state index contributed by atoms with van der Waals surface area (Å²) in [5.41, 5.74) is -0.575. The second kappa shape index (κ2) is 10.9. The van der Waals surface area contributed by atoms with Gasteiger partial charge in [0, 0.05) is 32.1 Å². The summed E-state index contributed by atoms with van der Waals surface area (Å²) in [4.78, 5) is 62.3. The Morgan fingerprint density at radius 1 is 1.12 bits per heavy atom. The molecule has 1 aromatic rings. The minimum absolute atomic E-state index is 0.0356. The summed E-state index contributed by atoms with van der Waals surface area (Å²) in [5, 5.41) is 2.79. The molecule has 10 nitrogen and oxygen atoms in total.